The Bertz CT molecular complexity index is 154. The van der Waals surface area contributed by atoms with Gasteiger partial charge in [-0.15, -0.1) is 0 Å². The molecule has 41 valence electrons. The topological polar surface area (TPSA) is 0 Å². The maximum absolute atomic E-state index is 3.32. The van der Waals surface area contributed by atoms with Crippen molar-refractivity contribution in [3.8, 4) is 23.7 Å². The minimum Gasteiger partial charge on any atom is -0.0881 e. The van der Waals surface area contributed by atoms with Crippen LogP contribution in [0.1, 0.15) is 13.8 Å². The maximum atomic E-state index is 3.32. The standard InChI is InChI=1S/C8H9/c1-4-5-6-7-8(2)3/h8H,1H2,2-3H3. The van der Waals surface area contributed by atoms with E-state index in [4.69, 9.17) is 0 Å². The first-order valence-electron chi connectivity index (χ1n) is 2.55. The lowest BCUT2D eigenvalue weighted by Gasteiger charge is -1.81. The third-order valence-corrected chi connectivity index (χ3v) is 0.512. The Labute approximate surface area is 51.3 Å². The van der Waals surface area contributed by atoms with Crippen molar-refractivity contribution in [3.05, 3.63) is 6.92 Å². The summed E-state index contributed by atoms with van der Waals surface area (Å²) >= 11 is 0. The first-order chi connectivity index (χ1) is 3.77. The van der Waals surface area contributed by atoms with E-state index < -0.39 is 0 Å². The summed E-state index contributed by atoms with van der Waals surface area (Å²) in [6.07, 6.45) is 0. The van der Waals surface area contributed by atoms with Gasteiger partial charge in [-0.3, -0.25) is 0 Å². The van der Waals surface area contributed by atoms with Gasteiger partial charge in [-0.05, 0) is 11.8 Å². The van der Waals surface area contributed by atoms with E-state index in [0.717, 1.165) is 0 Å². The van der Waals surface area contributed by atoms with Gasteiger partial charge in [0.05, 0.1) is 0 Å². The molecule has 0 amide bonds. The van der Waals surface area contributed by atoms with Crippen LogP contribution in [0.5, 0.6) is 0 Å². The van der Waals surface area contributed by atoms with E-state index in [1.54, 1.807) is 0 Å². The van der Waals surface area contributed by atoms with E-state index in [9.17, 15) is 0 Å². The van der Waals surface area contributed by atoms with Gasteiger partial charge in [0.25, 0.3) is 0 Å². The summed E-state index contributed by atoms with van der Waals surface area (Å²) < 4.78 is 0. The Morgan fingerprint density at radius 2 is 1.88 bits per heavy atom. The van der Waals surface area contributed by atoms with Crippen LogP contribution < -0.4 is 0 Å². The predicted octanol–water partition coefficient (Wildman–Crippen LogP) is 1.48. The Kier molecular flexibility index (Phi) is 3.81. The second kappa shape index (κ2) is 4.28. The number of hydrogen-bond donors (Lipinski definition) is 0. The molecule has 0 saturated heterocycles. The van der Waals surface area contributed by atoms with Crippen molar-refractivity contribution < 1.29 is 0 Å². The largest absolute Gasteiger partial charge is 0.0881 e. The van der Waals surface area contributed by atoms with Gasteiger partial charge in [0.15, 0.2) is 0 Å². The van der Waals surface area contributed by atoms with Gasteiger partial charge in [-0.25, -0.2) is 0 Å². The molecule has 0 rings (SSSR count). The fraction of sp³-hybridized carbons (Fsp3) is 0.375. The smallest absolute Gasteiger partial charge is 0.0209 e. The summed E-state index contributed by atoms with van der Waals surface area (Å²) in [6, 6.07) is 0. The molecule has 1 radical (unpaired) electrons. The Morgan fingerprint density at radius 3 is 2.25 bits per heavy atom. The molecule has 0 aromatic carbocycles. The molecule has 0 saturated carbocycles. The predicted molar refractivity (Wildman–Crippen MR) is 35.7 cm³/mol. The Morgan fingerprint density at radius 1 is 1.25 bits per heavy atom. The molecule has 0 N–H and O–H groups in total. The molecule has 0 aliphatic carbocycles. The maximum Gasteiger partial charge on any atom is 0.0209 e. The molecular weight excluding hydrogens is 96.1 g/mol. The SMILES string of the molecule is [CH2]C#CC#CC(C)C. The quantitative estimate of drug-likeness (QED) is 0.409. The van der Waals surface area contributed by atoms with Crippen molar-refractivity contribution in [2.45, 2.75) is 13.8 Å². The molecule has 0 heterocycles. The van der Waals surface area contributed by atoms with Gasteiger partial charge in [-0.1, -0.05) is 25.7 Å². The zero-order valence-electron chi connectivity index (χ0n) is 5.28. The second-order valence-electron chi connectivity index (χ2n) is 1.73. The third-order valence-electron chi connectivity index (χ3n) is 0.512. The van der Waals surface area contributed by atoms with Crippen LogP contribution in [-0.2, 0) is 0 Å². The van der Waals surface area contributed by atoms with Gasteiger partial charge in [0.1, 0.15) is 0 Å². The molecular formula is C8H9. The minimum atomic E-state index is 0.413. The lowest BCUT2D eigenvalue weighted by molar-refractivity contribution is 0.867. The van der Waals surface area contributed by atoms with Crippen LogP contribution in [0.3, 0.4) is 0 Å². The van der Waals surface area contributed by atoms with Crippen LogP contribution in [0.25, 0.3) is 0 Å². The lowest BCUT2D eigenvalue weighted by Crippen LogP contribution is -1.75. The van der Waals surface area contributed by atoms with E-state index in [1.165, 1.54) is 0 Å². The number of hydrogen-bond acceptors (Lipinski definition) is 0. The van der Waals surface area contributed by atoms with E-state index in [0.29, 0.717) is 5.92 Å². The normalized spacial score (nSPS) is 6.50. The molecule has 8 heavy (non-hydrogen) atoms. The van der Waals surface area contributed by atoms with Gasteiger partial charge in [-0.2, -0.15) is 0 Å². The van der Waals surface area contributed by atoms with Crippen LogP contribution in [0, 0.1) is 36.5 Å². The molecule has 0 aromatic heterocycles. The molecule has 0 heteroatoms. The second-order valence-corrected chi connectivity index (χ2v) is 1.73. The summed E-state index contributed by atoms with van der Waals surface area (Å²) in [7, 11) is 0. The summed E-state index contributed by atoms with van der Waals surface area (Å²) in [6.45, 7) is 7.37. The first-order valence-corrected chi connectivity index (χ1v) is 2.55. The summed E-state index contributed by atoms with van der Waals surface area (Å²) in [4.78, 5) is 0. The summed E-state index contributed by atoms with van der Waals surface area (Å²) in [5, 5.41) is 0. The summed E-state index contributed by atoms with van der Waals surface area (Å²) in [5.41, 5.74) is 0. The Balaban J connectivity index is 3.62. The zero-order valence-corrected chi connectivity index (χ0v) is 5.28. The van der Waals surface area contributed by atoms with Crippen LogP contribution in [-0.4, -0.2) is 0 Å². The molecule has 0 fully saturated rings. The lowest BCUT2D eigenvalue weighted by atomic mass is 10.2. The highest BCUT2D eigenvalue weighted by molar-refractivity contribution is 5.27. The van der Waals surface area contributed by atoms with E-state index in [-0.39, 0.29) is 0 Å². The van der Waals surface area contributed by atoms with Gasteiger partial charge in [0, 0.05) is 12.8 Å². The summed E-state index contributed by atoms with van der Waals surface area (Å²) in [5.74, 6) is 11.0. The van der Waals surface area contributed by atoms with Crippen LogP contribution in [0.2, 0.25) is 0 Å². The molecule has 0 spiro atoms. The molecule has 0 bridgehead atoms. The van der Waals surface area contributed by atoms with Crippen LogP contribution in [0.15, 0.2) is 0 Å². The molecule has 0 atom stereocenters. The van der Waals surface area contributed by atoms with E-state index in [1.807, 2.05) is 13.8 Å². The van der Waals surface area contributed by atoms with E-state index >= 15 is 0 Å². The molecule has 0 aliphatic heterocycles. The van der Waals surface area contributed by atoms with Crippen molar-refractivity contribution in [1.82, 2.24) is 0 Å². The average molecular weight is 105 g/mol. The Hall–Kier alpha value is -0.880. The van der Waals surface area contributed by atoms with Gasteiger partial charge < -0.3 is 0 Å². The minimum absolute atomic E-state index is 0.413. The van der Waals surface area contributed by atoms with Gasteiger partial charge in [0.2, 0.25) is 0 Å². The average Bonchev–Trinajstić information content (AvgIpc) is 1.66. The first kappa shape index (κ1) is 7.12. The fourth-order valence-corrected chi connectivity index (χ4v) is 0.225. The van der Waals surface area contributed by atoms with Crippen molar-refractivity contribution >= 4 is 0 Å². The highest BCUT2D eigenvalue weighted by atomic mass is 13.8. The molecule has 0 aliphatic rings. The fourth-order valence-electron chi connectivity index (χ4n) is 0.225. The van der Waals surface area contributed by atoms with Crippen molar-refractivity contribution in [2.24, 2.45) is 5.92 Å². The van der Waals surface area contributed by atoms with Crippen molar-refractivity contribution in [3.63, 3.8) is 0 Å². The molecule has 0 aromatic rings. The zero-order chi connectivity index (χ0) is 6.41. The van der Waals surface area contributed by atoms with Crippen molar-refractivity contribution in [2.75, 3.05) is 0 Å². The highest BCUT2D eigenvalue weighted by Crippen LogP contribution is 1.83. The van der Waals surface area contributed by atoms with Crippen LogP contribution in [0.4, 0.5) is 0 Å². The van der Waals surface area contributed by atoms with Gasteiger partial charge >= 0.3 is 0 Å². The van der Waals surface area contributed by atoms with Crippen LogP contribution >= 0.6 is 0 Å². The highest BCUT2D eigenvalue weighted by Gasteiger charge is 1.77. The van der Waals surface area contributed by atoms with E-state index in [2.05, 4.69) is 30.6 Å². The van der Waals surface area contributed by atoms with Crippen molar-refractivity contribution in [1.29, 1.82) is 0 Å². The molecule has 0 nitrogen and oxygen atoms in total. The monoisotopic (exact) mass is 105 g/mol. The number of rotatable bonds is 0. The molecule has 0 unspecified atom stereocenters. The third kappa shape index (κ3) is 5.12.